The number of carbonyl (C=O) groups is 1. The summed E-state index contributed by atoms with van der Waals surface area (Å²) < 4.78 is 0. The number of rotatable bonds is 0. The molecule has 2 fully saturated rings. The Bertz CT molecular complexity index is 310. The Labute approximate surface area is 84.7 Å². The molecule has 1 amide bonds. The van der Waals surface area contributed by atoms with E-state index in [1.807, 2.05) is 25.7 Å². The first-order chi connectivity index (χ1) is 6.45. The number of hydrogen-bond acceptors (Lipinski definition) is 2. The Kier molecular flexibility index (Phi) is 1.85. The number of amides is 1. The number of piperidine rings is 1. The molecule has 1 heterocycles. The molecule has 0 aromatic heterocycles. The summed E-state index contributed by atoms with van der Waals surface area (Å²) in [4.78, 5) is 13.9. The van der Waals surface area contributed by atoms with Gasteiger partial charge in [0, 0.05) is 11.5 Å². The summed E-state index contributed by atoms with van der Waals surface area (Å²) in [5.41, 5.74) is -0.355. The van der Waals surface area contributed by atoms with Crippen molar-refractivity contribution in [3.05, 3.63) is 0 Å². The predicted octanol–water partition coefficient (Wildman–Crippen LogP) is 1.55. The van der Waals surface area contributed by atoms with Crippen LogP contribution in [-0.2, 0) is 4.79 Å². The van der Waals surface area contributed by atoms with Crippen molar-refractivity contribution in [3.8, 4) is 6.07 Å². The summed E-state index contributed by atoms with van der Waals surface area (Å²) in [6.07, 6.45) is 2.00. The van der Waals surface area contributed by atoms with Gasteiger partial charge in [0.05, 0.1) is 6.07 Å². The average Bonchev–Trinajstić information content (AvgIpc) is 2.75. The lowest BCUT2D eigenvalue weighted by Crippen LogP contribution is -2.44. The average molecular weight is 192 g/mol. The van der Waals surface area contributed by atoms with E-state index in [1.54, 1.807) is 0 Å². The van der Waals surface area contributed by atoms with Crippen LogP contribution in [0.4, 0.5) is 0 Å². The molecule has 0 spiro atoms. The van der Waals surface area contributed by atoms with Crippen molar-refractivity contribution >= 4 is 5.91 Å². The van der Waals surface area contributed by atoms with Crippen molar-refractivity contribution < 1.29 is 4.79 Å². The molecular formula is C11H16N2O. The Morgan fingerprint density at radius 3 is 2.57 bits per heavy atom. The van der Waals surface area contributed by atoms with Crippen LogP contribution in [0.25, 0.3) is 0 Å². The van der Waals surface area contributed by atoms with Gasteiger partial charge in [-0.3, -0.25) is 4.79 Å². The zero-order valence-corrected chi connectivity index (χ0v) is 8.95. The molecule has 0 bridgehead atoms. The van der Waals surface area contributed by atoms with Gasteiger partial charge in [-0.1, -0.05) is 20.8 Å². The van der Waals surface area contributed by atoms with Gasteiger partial charge in [0.25, 0.3) is 0 Å². The fourth-order valence-electron chi connectivity index (χ4n) is 2.25. The largest absolute Gasteiger partial charge is 0.323 e. The van der Waals surface area contributed by atoms with E-state index in [1.165, 1.54) is 0 Å². The zero-order valence-electron chi connectivity index (χ0n) is 8.95. The van der Waals surface area contributed by atoms with E-state index in [0.717, 1.165) is 12.8 Å². The quantitative estimate of drug-likeness (QED) is 0.584. The fraction of sp³-hybridized carbons (Fsp3) is 0.818. The van der Waals surface area contributed by atoms with Crippen molar-refractivity contribution in [2.75, 3.05) is 0 Å². The van der Waals surface area contributed by atoms with E-state index in [-0.39, 0.29) is 17.4 Å². The lowest BCUT2D eigenvalue weighted by atomic mass is 9.94. The van der Waals surface area contributed by atoms with Gasteiger partial charge in [-0.05, 0) is 18.8 Å². The van der Waals surface area contributed by atoms with Crippen LogP contribution in [0.15, 0.2) is 0 Å². The van der Waals surface area contributed by atoms with E-state index in [0.29, 0.717) is 12.0 Å². The smallest absolute Gasteiger partial charge is 0.229 e. The monoisotopic (exact) mass is 192 g/mol. The lowest BCUT2D eigenvalue weighted by Gasteiger charge is -2.29. The van der Waals surface area contributed by atoms with Crippen molar-refractivity contribution in [2.45, 2.75) is 45.7 Å². The Morgan fingerprint density at radius 1 is 1.43 bits per heavy atom. The van der Waals surface area contributed by atoms with Gasteiger partial charge in [-0.2, -0.15) is 5.26 Å². The van der Waals surface area contributed by atoms with Crippen LogP contribution in [0.2, 0.25) is 0 Å². The Morgan fingerprint density at radius 2 is 2.07 bits per heavy atom. The zero-order chi connectivity index (χ0) is 10.5. The summed E-state index contributed by atoms with van der Waals surface area (Å²) in [5, 5.41) is 8.95. The van der Waals surface area contributed by atoms with Crippen LogP contribution in [0.1, 0.15) is 33.6 Å². The molecule has 1 aliphatic carbocycles. The van der Waals surface area contributed by atoms with Crippen LogP contribution in [0.3, 0.4) is 0 Å². The van der Waals surface area contributed by atoms with E-state index in [2.05, 4.69) is 6.07 Å². The Hall–Kier alpha value is -1.04. The van der Waals surface area contributed by atoms with Crippen LogP contribution in [0.5, 0.6) is 0 Å². The minimum Gasteiger partial charge on any atom is -0.323 e. The molecule has 14 heavy (non-hydrogen) atoms. The molecule has 0 aromatic rings. The van der Waals surface area contributed by atoms with Crippen LogP contribution >= 0.6 is 0 Å². The molecule has 2 rings (SSSR count). The molecular weight excluding hydrogens is 176 g/mol. The molecule has 0 unspecified atom stereocenters. The standard InChI is InChI=1S/C11H16N2O/c1-11(2,3)10(14)13-8(6-12)4-7-5-9(7)13/h7-9H,4-5H2,1-3H3/t7-,8+,9+/m0/s1. The number of hydrogen-bond donors (Lipinski definition) is 0. The number of nitrogens with zero attached hydrogens (tertiary/aromatic N) is 2. The summed E-state index contributed by atoms with van der Waals surface area (Å²) >= 11 is 0. The van der Waals surface area contributed by atoms with E-state index in [4.69, 9.17) is 5.26 Å². The molecule has 0 aromatic carbocycles. The first-order valence-electron chi connectivity index (χ1n) is 5.17. The van der Waals surface area contributed by atoms with Crippen LogP contribution < -0.4 is 0 Å². The second kappa shape index (κ2) is 2.73. The Balaban J connectivity index is 2.17. The van der Waals surface area contributed by atoms with Gasteiger partial charge in [-0.15, -0.1) is 0 Å². The SMILES string of the molecule is CC(C)(C)C(=O)N1[C@@H]2C[C@@H]2C[C@@H]1C#N. The number of likely N-dealkylation sites (tertiary alicyclic amines) is 1. The van der Waals surface area contributed by atoms with Crippen molar-refractivity contribution in [1.29, 1.82) is 5.26 Å². The minimum atomic E-state index is -0.355. The maximum absolute atomic E-state index is 12.0. The molecule has 76 valence electrons. The van der Waals surface area contributed by atoms with Crippen LogP contribution in [-0.4, -0.2) is 22.9 Å². The maximum Gasteiger partial charge on any atom is 0.229 e. The van der Waals surface area contributed by atoms with E-state index >= 15 is 0 Å². The summed E-state index contributed by atoms with van der Waals surface area (Å²) in [7, 11) is 0. The third kappa shape index (κ3) is 1.30. The molecule has 3 heteroatoms. The highest BCUT2D eigenvalue weighted by Crippen LogP contribution is 2.48. The second-order valence-electron chi connectivity index (χ2n) is 5.41. The summed E-state index contributed by atoms with van der Waals surface area (Å²) in [5.74, 6) is 0.750. The van der Waals surface area contributed by atoms with Crippen molar-refractivity contribution in [2.24, 2.45) is 11.3 Å². The fourth-order valence-corrected chi connectivity index (χ4v) is 2.25. The van der Waals surface area contributed by atoms with Gasteiger partial charge >= 0.3 is 0 Å². The van der Waals surface area contributed by atoms with Crippen molar-refractivity contribution in [1.82, 2.24) is 4.90 Å². The van der Waals surface area contributed by atoms with E-state index < -0.39 is 0 Å². The number of fused-ring (bicyclic) bond motifs is 1. The van der Waals surface area contributed by atoms with Gasteiger partial charge < -0.3 is 4.90 Å². The minimum absolute atomic E-state index is 0.133. The third-order valence-electron chi connectivity index (χ3n) is 3.13. The van der Waals surface area contributed by atoms with Crippen molar-refractivity contribution in [3.63, 3.8) is 0 Å². The molecule has 0 radical (unpaired) electrons. The van der Waals surface area contributed by atoms with Gasteiger partial charge in [-0.25, -0.2) is 0 Å². The lowest BCUT2D eigenvalue weighted by molar-refractivity contribution is -0.140. The highest BCUT2D eigenvalue weighted by Gasteiger charge is 2.55. The van der Waals surface area contributed by atoms with Gasteiger partial charge in [0.1, 0.15) is 6.04 Å². The molecule has 1 saturated carbocycles. The molecule has 3 atom stereocenters. The highest BCUT2D eigenvalue weighted by atomic mass is 16.2. The summed E-state index contributed by atoms with van der Waals surface area (Å²) in [6.45, 7) is 5.75. The van der Waals surface area contributed by atoms with Gasteiger partial charge in [0.15, 0.2) is 0 Å². The number of carbonyl (C=O) groups excluding carboxylic acids is 1. The van der Waals surface area contributed by atoms with Gasteiger partial charge in [0.2, 0.25) is 5.91 Å². The summed E-state index contributed by atoms with van der Waals surface area (Å²) in [6, 6.07) is 2.45. The highest BCUT2D eigenvalue weighted by molar-refractivity contribution is 5.83. The van der Waals surface area contributed by atoms with Crippen LogP contribution in [0, 0.1) is 22.7 Å². The normalized spacial score (nSPS) is 35.0. The predicted molar refractivity (Wildman–Crippen MR) is 52.2 cm³/mol. The molecule has 1 aliphatic heterocycles. The third-order valence-corrected chi connectivity index (χ3v) is 3.13. The number of nitriles is 1. The first-order valence-corrected chi connectivity index (χ1v) is 5.17. The van der Waals surface area contributed by atoms with E-state index in [9.17, 15) is 4.79 Å². The first kappa shape index (κ1) is 9.51. The second-order valence-corrected chi connectivity index (χ2v) is 5.41. The maximum atomic E-state index is 12.0. The molecule has 2 aliphatic rings. The molecule has 0 N–H and O–H groups in total. The molecule has 1 saturated heterocycles. The topological polar surface area (TPSA) is 44.1 Å². The molecule has 3 nitrogen and oxygen atoms in total.